The summed E-state index contributed by atoms with van der Waals surface area (Å²) in [5, 5.41) is 0.904. The molecular formula is C20H18N2OS. The van der Waals surface area contributed by atoms with Gasteiger partial charge in [-0.1, -0.05) is 48.5 Å². The molecule has 0 spiro atoms. The number of aromatic nitrogens is 1. The van der Waals surface area contributed by atoms with Crippen molar-refractivity contribution < 1.29 is 4.79 Å². The zero-order valence-electron chi connectivity index (χ0n) is 13.5. The van der Waals surface area contributed by atoms with Gasteiger partial charge < -0.3 is 4.90 Å². The predicted octanol–water partition coefficient (Wildman–Crippen LogP) is 4.71. The first-order valence-electron chi connectivity index (χ1n) is 8.16. The fraction of sp³-hybridized carbons (Fsp3) is 0.200. The number of amides is 1. The van der Waals surface area contributed by atoms with Crippen LogP contribution in [0.4, 0.5) is 5.69 Å². The quantitative estimate of drug-likeness (QED) is 0.680. The van der Waals surface area contributed by atoms with Crippen LogP contribution in [0, 0.1) is 6.92 Å². The molecule has 0 radical (unpaired) electrons. The monoisotopic (exact) mass is 334 g/mol. The van der Waals surface area contributed by atoms with Crippen LogP contribution in [0.15, 0.2) is 54.6 Å². The van der Waals surface area contributed by atoms with E-state index in [1.807, 2.05) is 60.4 Å². The summed E-state index contributed by atoms with van der Waals surface area (Å²) in [6.45, 7) is 2.69. The van der Waals surface area contributed by atoms with Crippen molar-refractivity contribution >= 4 is 22.9 Å². The van der Waals surface area contributed by atoms with Crippen molar-refractivity contribution in [2.24, 2.45) is 0 Å². The van der Waals surface area contributed by atoms with Crippen molar-refractivity contribution in [2.45, 2.75) is 19.8 Å². The summed E-state index contributed by atoms with van der Waals surface area (Å²) in [4.78, 5) is 20.4. The smallest absolute Gasteiger partial charge is 0.270 e. The van der Waals surface area contributed by atoms with E-state index in [2.05, 4.69) is 11.1 Å². The second-order valence-corrected chi connectivity index (χ2v) is 6.99. The van der Waals surface area contributed by atoms with Gasteiger partial charge in [-0.15, -0.1) is 11.3 Å². The number of rotatable bonds is 2. The third-order valence-electron chi connectivity index (χ3n) is 4.37. The maximum absolute atomic E-state index is 13.1. The van der Waals surface area contributed by atoms with Crippen molar-refractivity contribution in [3.8, 4) is 10.6 Å². The van der Waals surface area contributed by atoms with E-state index in [1.165, 1.54) is 16.9 Å². The Morgan fingerprint density at radius 2 is 1.83 bits per heavy atom. The van der Waals surface area contributed by atoms with Crippen LogP contribution in [0.5, 0.6) is 0 Å². The molecule has 3 nitrogen and oxygen atoms in total. The Labute approximate surface area is 145 Å². The highest BCUT2D eigenvalue weighted by Gasteiger charge is 2.26. The van der Waals surface area contributed by atoms with Gasteiger partial charge in [-0.2, -0.15) is 0 Å². The Bertz CT molecular complexity index is 886. The summed E-state index contributed by atoms with van der Waals surface area (Å²) in [5.41, 5.74) is 4.17. The van der Waals surface area contributed by atoms with Gasteiger partial charge >= 0.3 is 0 Å². The number of benzene rings is 2. The molecule has 0 saturated heterocycles. The first-order valence-corrected chi connectivity index (χ1v) is 8.98. The molecule has 1 aliphatic rings. The Hall–Kier alpha value is -2.46. The van der Waals surface area contributed by atoms with E-state index in [0.29, 0.717) is 0 Å². The van der Waals surface area contributed by atoms with Crippen LogP contribution < -0.4 is 4.90 Å². The molecule has 1 aromatic heterocycles. The molecule has 0 unspecified atom stereocenters. The molecule has 0 bridgehead atoms. The van der Waals surface area contributed by atoms with Gasteiger partial charge in [0.2, 0.25) is 0 Å². The zero-order valence-corrected chi connectivity index (χ0v) is 14.3. The summed E-state index contributed by atoms with van der Waals surface area (Å²) in [6, 6.07) is 18.2. The fourth-order valence-electron chi connectivity index (χ4n) is 3.17. The molecule has 0 saturated carbocycles. The van der Waals surface area contributed by atoms with Crippen molar-refractivity contribution in [2.75, 3.05) is 11.4 Å². The van der Waals surface area contributed by atoms with Crippen LogP contribution in [0.1, 0.15) is 27.3 Å². The lowest BCUT2D eigenvalue weighted by Crippen LogP contribution is -2.35. The number of nitrogens with zero attached hydrogens (tertiary/aromatic N) is 2. The number of anilines is 1. The third-order valence-corrected chi connectivity index (χ3v) is 5.56. The van der Waals surface area contributed by atoms with Crippen molar-refractivity contribution in [3.63, 3.8) is 0 Å². The second-order valence-electron chi connectivity index (χ2n) is 5.99. The van der Waals surface area contributed by atoms with E-state index >= 15 is 0 Å². The van der Waals surface area contributed by atoms with E-state index < -0.39 is 0 Å². The van der Waals surface area contributed by atoms with E-state index in [-0.39, 0.29) is 5.91 Å². The third kappa shape index (κ3) is 2.63. The normalized spacial score (nSPS) is 13.6. The number of hydrogen-bond donors (Lipinski definition) is 0. The van der Waals surface area contributed by atoms with Crippen LogP contribution in [0.2, 0.25) is 0 Å². The van der Waals surface area contributed by atoms with Gasteiger partial charge in [0.25, 0.3) is 5.91 Å². The van der Waals surface area contributed by atoms with E-state index in [1.54, 1.807) is 0 Å². The number of thiazole rings is 1. The van der Waals surface area contributed by atoms with E-state index in [0.717, 1.165) is 46.2 Å². The summed E-state index contributed by atoms with van der Waals surface area (Å²) < 4.78 is 0. The first-order chi connectivity index (χ1) is 11.7. The molecule has 4 rings (SSSR count). The number of carbonyl (C=O) groups is 1. The van der Waals surface area contributed by atoms with Crippen LogP contribution in [0.25, 0.3) is 10.6 Å². The molecule has 2 aromatic carbocycles. The van der Waals surface area contributed by atoms with Gasteiger partial charge in [-0.05, 0) is 31.4 Å². The molecule has 120 valence electrons. The van der Waals surface area contributed by atoms with E-state index in [9.17, 15) is 4.79 Å². The molecule has 0 aliphatic carbocycles. The molecular weight excluding hydrogens is 316 g/mol. The van der Waals surface area contributed by atoms with Crippen LogP contribution in [0.3, 0.4) is 0 Å². The van der Waals surface area contributed by atoms with Crippen molar-refractivity contribution in [1.82, 2.24) is 4.98 Å². The molecule has 1 amide bonds. The lowest BCUT2D eigenvalue weighted by Gasteiger charge is -2.29. The van der Waals surface area contributed by atoms with Gasteiger partial charge in [0.1, 0.15) is 9.88 Å². The molecule has 24 heavy (non-hydrogen) atoms. The van der Waals surface area contributed by atoms with Crippen LogP contribution in [-0.2, 0) is 6.42 Å². The maximum Gasteiger partial charge on any atom is 0.270 e. The van der Waals surface area contributed by atoms with Crippen molar-refractivity contribution in [3.05, 3.63) is 70.7 Å². The summed E-state index contributed by atoms with van der Waals surface area (Å²) in [5.74, 6) is 0.0688. The van der Waals surface area contributed by atoms with Crippen molar-refractivity contribution in [1.29, 1.82) is 0 Å². The largest absolute Gasteiger partial charge is 0.307 e. The average Bonchev–Trinajstić information content (AvgIpc) is 3.03. The molecule has 1 aliphatic heterocycles. The lowest BCUT2D eigenvalue weighted by molar-refractivity contribution is 0.0988. The van der Waals surface area contributed by atoms with Gasteiger partial charge in [0.15, 0.2) is 0 Å². The fourth-order valence-corrected chi connectivity index (χ4v) is 4.19. The number of carbonyl (C=O) groups excluding carboxylic acids is 1. The van der Waals surface area contributed by atoms with Gasteiger partial charge in [0.05, 0.1) is 5.69 Å². The first kappa shape index (κ1) is 15.1. The number of aryl methyl sites for hydroxylation is 2. The van der Waals surface area contributed by atoms with Gasteiger partial charge in [-0.25, -0.2) is 4.98 Å². The molecule has 0 atom stereocenters. The average molecular weight is 334 g/mol. The minimum absolute atomic E-state index is 0.0688. The minimum Gasteiger partial charge on any atom is -0.307 e. The topological polar surface area (TPSA) is 33.2 Å². The number of hydrogen-bond acceptors (Lipinski definition) is 3. The standard InChI is InChI=1S/C20H18N2OS/c1-14-18(24-19(21-14)16-9-3-2-4-10-16)20(23)22-13-7-11-15-8-5-6-12-17(15)22/h2-6,8-10,12H,7,11,13H2,1H3. The van der Waals surface area contributed by atoms with Crippen LogP contribution in [-0.4, -0.2) is 17.4 Å². The van der Waals surface area contributed by atoms with Gasteiger partial charge in [-0.3, -0.25) is 4.79 Å². The Kier molecular flexibility index (Phi) is 3.90. The highest BCUT2D eigenvalue weighted by atomic mass is 32.1. The number of fused-ring (bicyclic) bond motifs is 1. The SMILES string of the molecule is Cc1nc(-c2ccccc2)sc1C(=O)N1CCCc2ccccc21. The zero-order chi connectivity index (χ0) is 16.5. The Balaban J connectivity index is 1.70. The second kappa shape index (κ2) is 6.21. The molecule has 2 heterocycles. The van der Waals surface area contributed by atoms with Crippen LogP contribution >= 0.6 is 11.3 Å². The lowest BCUT2D eigenvalue weighted by atomic mass is 10.0. The van der Waals surface area contributed by atoms with Gasteiger partial charge in [0, 0.05) is 17.8 Å². The molecule has 0 fully saturated rings. The molecule has 3 aromatic rings. The minimum atomic E-state index is 0.0688. The molecule has 4 heteroatoms. The number of para-hydroxylation sites is 1. The highest BCUT2D eigenvalue weighted by Crippen LogP contribution is 2.32. The Morgan fingerprint density at radius 1 is 1.08 bits per heavy atom. The molecule has 0 N–H and O–H groups in total. The summed E-state index contributed by atoms with van der Waals surface area (Å²) >= 11 is 1.49. The summed E-state index contributed by atoms with van der Waals surface area (Å²) in [6.07, 6.45) is 2.04. The summed E-state index contributed by atoms with van der Waals surface area (Å²) in [7, 11) is 0. The maximum atomic E-state index is 13.1. The highest BCUT2D eigenvalue weighted by molar-refractivity contribution is 7.17. The van der Waals surface area contributed by atoms with E-state index in [4.69, 9.17) is 0 Å². The predicted molar refractivity (Wildman–Crippen MR) is 98.7 cm³/mol. The Morgan fingerprint density at radius 3 is 2.67 bits per heavy atom.